The molecule has 0 aliphatic carbocycles. The first-order valence-corrected chi connectivity index (χ1v) is 8.56. The number of likely N-dealkylation sites (tertiary alicyclic amines) is 1. The number of aliphatic hydroxyl groups excluding tert-OH is 2. The fraction of sp³-hybridized carbons (Fsp3) is 0.588. The molecule has 2 atom stereocenters. The Kier molecular flexibility index (Phi) is 6.98. The van der Waals surface area contributed by atoms with Gasteiger partial charge in [0.15, 0.2) is 0 Å². The number of rotatable bonds is 7. The summed E-state index contributed by atoms with van der Waals surface area (Å²) in [5.41, 5.74) is 0.261. The average Bonchev–Trinajstić information content (AvgIpc) is 2.99. The highest BCUT2D eigenvalue weighted by Gasteiger charge is 2.35. The van der Waals surface area contributed by atoms with E-state index in [1.807, 2.05) is 6.92 Å². The van der Waals surface area contributed by atoms with Crippen molar-refractivity contribution < 1.29 is 19.4 Å². The summed E-state index contributed by atoms with van der Waals surface area (Å²) in [6.45, 7) is 5.13. The van der Waals surface area contributed by atoms with Gasteiger partial charge < -0.3 is 20.0 Å². The number of aliphatic hydroxyl groups is 2. The third-order valence-corrected chi connectivity index (χ3v) is 4.93. The largest absolute Gasteiger partial charge is 0.396 e. The third kappa shape index (κ3) is 4.45. The number of hydrogen-bond acceptors (Lipinski definition) is 4. The van der Waals surface area contributed by atoms with E-state index in [1.54, 1.807) is 4.90 Å². The fourth-order valence-corrected chi connectivity index (χ4v) is 3.30. The Morgan fingerprint density at radius 2 is 2.08 bits per heavy atom. The quantitative estimate of drug-likeness (QED) is 0.775. The molecule has 1 heterocycles. The van der Waals surface area contributed by atoms with Crippen LogP contribution in [0.4, 0.5) is 4.39 Å². The number of likely N-dealkylation sites (N-methyl/N-ethyl adjacent to an activating group) is 1. The molecular formula is C17H24ClFN2O3. The van der Waals surface area contributed by atoms with E-state index in [0.29, 0.717) is 26.2 Å². The van der Waals surface area contributed by atoms with Crippen molar-refractivity contribution in [1.82, 2.24) is 9.80 Å². The van der Waals surface area contributed by atoms with E-state index in [1.165, 1.54) is 12.1 Å². The molecule has 0 saturated carbocycles. The standard InChI is InChI=1S/C17H24ClFN2O3/c1-2-20(5-6-22)8-13-9-21(10-14(13)11-23)17(24)12-3-4-15(18)16(19)7-12/h3-4,7,13-14,22-23H,2,5-6,8-11H2,1H3/t13-,14-/m1/s1. The molecule has 0 aromatic heterocycles. The Morgan fingerprint density at radius 3 is 2.67 bits per heavy atom. The van der Waals surface area contributed by atoms with Crippen LogP contribution >= 0.6 is 11.6 Å². The second kappa shape index (κ2) is 8.76. The van der Waals surface area contributed by atoms with Crippen molar-refractivity contribution >= 4 is 17.5 Å². The van der Waals surface area contributed by atoms with E-state index < -0.39 is 5.82 Å². The molecule has 0 spiro atoms. The minimum absolute atomic E-state index is 0.000104. The van der Waals surface area contributed by atoms with Crippen molar-refractivity contribution in [2.45, 2.75) is 6.92 Å². The number of amides is 1. The van der Waals surface area contributed by atoms with Crippen LogP contribution in [0.15, 0.2) is 18.2 Å². The Bertz CT molecular complexity index is 573. The molecule has 1 amide bonds. The fourth-order valence-electron chi connectivity index (χ4n) is 3.18. The molecule has 0 radical (unpaired) electrons. The second-order valence-corrected chi connectivity index (χ2v) is 6.57. The summed E-state index contributed by atoms with van der Waals surface area (Å²) >= 11 is 5.66. The van der Waals surface area contributed by atoms with Crippen LogP contribution in [0.1, 0.15) is 17.3 Å². The normalized spacial score (nSPS) is 20.8. The van der Waals surface area contributed by atoms with E-state index in [0.717, 1.165) is 12.6 Å². The lowest BCUT2D eigenvalue weighted by Crippen LogP contribution is -2.36. The van der Waals surface area contributed by atoms with Crippen LogP contribution in [0.5, 0.6) is 0 Å². The molecule has 2 rings (SSSR count). The first-order chi connectivity index (χ1) is 11.5. The highest BCUT2D eigenvalue weighted by molar-refractivity contribution is 6.30. The van der Waals surface area contributed by atoms with Crippen molar-refractivity contribution in [3.63, 3.8) is 0 Å². The van der Waals surface area contributed by atoms with Crippen molar-refractivity contribution in [1.29, 1.82) is 0 Å². The third-order valence-electron chi connectivity index (χ3n) is 4.62. The first kappa shape index (κ1) is 19.1. The molecule has 7 heteroatoms. The van der Waals surface area contributed by atoms with Crippen LogP contribution in [0.2, 0.25) is 5.02 Å². The first-order valence-electron chi connectivity index (χ1n) is 8.18. The maximum absolute atomic E-state index is 13.6. The second-order valence-electron chi connectivity index (χ2n) is 6.16. The van der Waals surface area contributed by atoms with Gasteiger partial charge >= 0.3 is 0 Å². The van der Waals surface area contributed by atoms with Crippen LogP contribution < -0.4 is 0 Å². The summed E-state index contributed by atoms with van der Waals surface area (Å²) < 4.78 is 13.6. The Morgan fingerprint density at radius 1 is 1.38 bits per heavy atom. The van der Waals surface area contributed by atoms with Gasteiger partial charge in [-0.25, -0.2) is 4.39 Å². The van der Waals surface area contributed by atoms with Gasteiger partial charge in [-0.2, -0.15) is 0 Å². The lowest BCUT2D eigenvalue weighted by Gasteiger charge is -2.25. The minimum Gasteiger partial charge on any atom is -0.396 e. The molecule has 5 nitrogen and oxygen atoms in total. The molecule has 1 aliphatic rings. The molecule has 134 valence electrons. The van der Waals surface area contributed by atoms with Gasteiger partial charge in [0.05, 0.1) is 11.6 Å². The van der Waals surface area contributed by atoms with Crippen molar-refractivity contribution in [2.24, 2.45) is 11.8 Å². The number of benzene rings is 1. The maximum atomic E-state index is 13.6. The van der Waals surface area contributed by atoms with Crippen molar-refractivity contribution in [3.05, 3.63) is 34.6 Å². The Balaban J connectivity index is 2.06. The van der Waals surface area contributed by atoms with E-state index in [2.05, 4.69) is 4.90 Å². The van der Waals surface area contributed by atoms with E-state index in [9.17, 15) is 14.3 Å². The molecule has 1 aromatic rings. The SMILES string of the molecule is CCN(CCO)C[C@@H]1CN(C(=O)c2ccc(Cl)c(F)c2)C[C@@H]1CO. The van der Waals surface area contributed by atoms with Gasteiger partial charge in [0.25, 0.3) is 5.91 Å². The van der Waals surface area contributed by atoms with Crippen LogP contribution in [0.25, 0.3) is 0 Å². The molecule has 0 unspecified atom stereocenters. The number of carbonyl (C=O) groups is 1. The van der Waals surface area contributed by atoms with Crippen LogP contribution in [-0.2, 0) is 0 Å². The van der Waals surface area contributed by atoms with Gasteiger partial charge in [-0.05, 0) is 30.7 Å². The van der Waals surface area contributed by atoms with E-state index >= 15 is 0 Å². The van der Waals surface area contributed by atoms with Crippen LogP contribution in [-0.4, -0.2) is 71.9 Å². The predicted molar refractivity (Wildman–Crippen MR) is 90.6 cm³/mol. The van der Waals surface area contributed by atoms with Crippen molar-refractivity contribution in [2.75, 3.05) is 45.9 Å². The molecular weight excluding hydrogens is 335 g/mol. The molecule has 1 aliphatic heterocycles. The highest BCUT2D eigenvalue weighted by atomic mass is 35.5. The number of nitrogens with zero attached hydrogens (tertiary/aromatic N) is 2. The van der Waals surface area contributed by atoms with Gasteiger partial charge in [-0.15, -0.1) is 0 Å². The van der Waals surface area contributed by atoms with Gasteiger partial charge in [0.2, 0.25) is 0 Å². The molecule has 1 saturated heterocycles. The zero-order valence-corrected chi connectivity index (χ0v) is 14.5. The number of carbonyl (C=O) groups excluding carboxylic acids is 1. The Hall–Kier alpha value is -1.21. The zero-order chi connectivity index (χ0) is 17.7. The molecule has 1 aromatic carbocycles. The summed E-state index contributed by atoms with van der Waals surface area (Å²) in [7, 11) is 0. The average molecular weight is 359 g/mol. The molecule has 24 heavy (non-hydrogen) atoms. The molecule has 0 bridgehead atoms. The lowest BCUT2D eigenvalue weighted by atomic mass is 9.96. The van der Waals surface area contributed by atoms with Gasteiger partial charge in [0.1, 0.15) is 5.82 Å². The summed E-state index contributed by atoms with van der Waals surface area (Å²) in [6.07, 6.45) is 0. The maximum Gasteiger partial charge on any atom is 0.253 e. The summed E-state index contributed by atoms with van der Waals surface area (Å²) in [4.78, 5) is 16.3. The minimum atomic E-state index is -0.614. The van der Waals surface area contributed by atoms with Gasteiger partial charge in [-0.3, -0.25) is 4.79 Å². The van der Waals surface area contributed by atoms with E-state index in [-0.39, 0.29) is 41.5 Å². The van der Waals surface area contributed by atoms with Crippen LogP contribution in [0.3, 0.4) is 0 Å². The summed E-state index contributed by atoms with van der Waals surface area (Å²) in [5, 5.41) is 18.7. The molecule has 1 fully saturated rings. The lowest BCUT2D eigenvalue weighted by molar-refractivity contribution is 0.0778. The van der Waals surface area contributed by atoms with Crippen molar-refractivity contribution in [3.8, 4) is 0 Å². The Labute approximate surface area is 146 Å². The van der Waals surface area contributed by atoms with E-state index in [4.69, 9.17) is 16.7 Å². The number of hydrogen-bond donors (Lipinski definition) is 2. The van der Waals surface area contributed by atoms with Crippen LogP contribution in [0, 0.1) is 17.7 Å². The smallest absolute Gasteiger partial charge is 0.253 e. The highest BCUT2D eigenvalue weighted by Crippen LogP contribution is 2.26. The predicted octanol–water partition coefficient (Wildman–Crippen LogP) is 1.47. The monoisotopic (exact) mass is 358 g/mol. The number of halogens is 2. The molecule has 2 N–H and O–H groups in total. The summed E-state index contributed by atoms with van der Waals surface area (Å²) in [5.74, 6) is -0.754. The summed E-state index contributed by atoms with van der Waals surface area (Å²) in [6, 6.07) is 4.04. The topological polar surface area (TPSA) is 64.0 Å². The zero-order valence-electron chi connectivity index (χ0n) is 13.8. The van der Waals surface area contributed by atoms with Gasteiger partial charge in [0, 0.05) is 44.3 Å². The van der Waals surface area contributed by atoms with Gasteiger partial charge in [-0.1, -0.05) is 18.5 Å².